The molecule has 1 aromatic heterocycles. The molecule has 1 fully saturated rings. The Morgan fingerprint density at radius 2 is 2.47 bits per heavy atom. The predicted molar refractivity (Wildman–Crippen MR) is 70.4 cm³/mol. The maximum absolute atomic E-state index is 9.24. The van der Waals surface area contributed by atoms with E-state index in [0.717, 1.165) is 38.3 Å². The van der Waals surface area contributed by atoms with Crippen molar-refractivity contribution in [1.29, 1.82) is 0 Å². The fraction of sp³-hybridized carbons (Fsp3) is 0.615. The molecule has 0 amide bonds. The van der Waals surface area contributed by atoms with E-state index in [4.69, 9.17) is 0 Å². The Morgan fingerprint density at radius 3 is 3.24 bits per heavy atom. The lowest BCUT2D eigenvalue weighted by Crippen LogP contribution is -2.36. The molecule has 4 heteroatoms. The number of hydrogen-bond acceptors (Lipinski definition) is 4. The molecular formula is C13H21N3O. The Bertz CT molecular complexity index is 356. The van der Waals surface area contributed by atoms with Gasteiger partial charge in [-0.05, 0) is 31.7 Å². The third-order valence-electron chi connectivity index (χ3n) is 3.24. The van der Waals surface area contributed by atoms with Crippen LogP contribution < -0.4 is 10.2 Å². The van der Waals surface area contributed by atoms with E-state index < -0.39 is 0 Å². The van der Waals surface area contributed by atoms with Gasteiger partial charge in [0, 0.05) is 44.2 Å². The van der Waals surface area contributed by atoms with Crippen LogP contribution in [0.2, 0.25) is 0 Å². The molecule has 94 valence electrons. The van der Waals surface area contributed by atoms with Gasteiger partial charge in [-0.3, -0.25) is 0 Å². The number of aromatic nitrogens is 1. The van der Waals surface area contributed by atoms with Crippen molar-refractivity contribution in [2.75, 3.05) is 36.5 Å². The quantitative estimate of drug-likeness (QED) is 0.834. The number of anilines is 2. The summed E-state index contributed by atoms with van der Waals surface area (Å²) in [6.07, 6.45) is 4.14. The fourth-order valence-electron chi connectivity index (χ4n) is 2.34. The number of hydrogen-bond donors (Lipinski definition) is 2. The lowest BCUT2D eigenvalue weighted by Gasteiger charge is -2.33. The second-order valence-corrected chi connectivity index (χ2v) is 4.57. The first-order chi connectivity index (χ1) is 8.33. The SMILES string of the molecule is CCNc1cc(N2CCCC(CO)C2)ccn1. The van der Waals surface area contributed by atoms with Crippen LogP contribution in [0.3, 0.4) is 0 Å². The number of aliphatic hydroxyl groups excluding tert-OH is 1. The van der Waals surface area contributed by atoms with Gasteiger partial charge in [0.1, 0.15) is 5.82 Å². The molecule has 2 rings (SSSR count). The van der Waals surface area contributed by atoms with Crippen molar-refractivity contribution in [2.24, 2.45) is 5.92 Å². The molecule has 2 N–H and O–H groups in total. The molecule has 2 heterocycles. The van der Waals surface area contributed by atoms with Crippen molar-refractivity contribution >= 4 is 11.5 Å². The maximum Gasteiger partial charge on any atom is 0.127 e. The molecule has 0 spiro atoms. The van der Waals surface area contributed by atoms with Crippen LogP contribution in [0.4, 0.5) is 11.5 Å². The number of rotatable bonds is 4. The Hall–Kier alpha value is -1.29. The highest BCUT2D eigenvalue weighted by Gasteiger charge is 2.19. The zero-order valence-corrected chi connectivity index (χ0v) is 10.4. The Kier molecular flexibility index (Phi) is 4.20. The third kappa shape index (κ3) is 3.09. The van der Waals surface area contributed by atoms with Crippen LogP contribution in [0.1, 0.15) is 19.8 Å². The molecule has 1 atom stereocenters. The van der Waals surface area contributed by atoms with Gasteiger partial charge < -0.3 is 15.3 Å². The second kappa shape index (κ2) is 5.87. The third-order valence-corrected chi connectivity index (χ3v) is 3.24. The van der Waals surface area contributed by atoms with Gasteiger partial charge in [-0.25, -0.2) is 4.98 Å². The number of piperidine rings is 1. The van der Waals surface area contributed by atoms with Gasteiger partial charge in [0.15, 0.2) is 0 Å². The average molecular weight is 235 g/mol. The highest BCUT2D eigenvalue weighted by atomic mass is 16.3. The van der Waals surface area contributed by atoms with E-state index in [0.29, 0.717) is 12.5 Å². The van der Waals surface area contributed by atoms with E-state index in [2.05, 4.69) is 28.2 Å². The summed E-state index contributed by atoms with van der Waals surface area (Å²) in [5.74, 6) is 1.34. The molecule has 0 saturated carbocycles. The van der Waals surface area contributed by atoms with E-state index in [1.165, 1.54) is 5.69 Å². The van der Waals surface area contributed by atoms with E-state index in [-0.39, 0.29) is 0 Å². The highest BCUT2D eigenvalue weighted by molar-refractivity contribution is 5.54. The average Bonchev–Trinajstić information content (AvgIpc) is 2.40. The van der Waals surface area contributed by atoms with Crippen LogP contribution in [0.5, 0.6) is 0 Å². The summed E-state index contributed by atoms with van der Waals surface area (Å²) in [5, 5.41) is 12.5. The van der Waals surface area contributed by atoms with Crippen molar-refractivity contribution in [1.82, 2.24) is 4.98 Å². The number of nitrogens with zero attached hydrogens (tertiary/aromatic N) is 2. The molecule has 1 unspecified atom stereocenters. The largest absolute Gasteiger partial charge is 0.396 e. The zero-order chi connectivity index (χ0) is 12.1. The normalized spacial score (nSPS) is 20.4. The van der Waals surface area contributed by atoms with Crippen LogP contribution in [-0.4, -0.2) is 36.3 Å². The monoisotopic (exact) mass is 235 g/mol. The molecule has 4 nitrogen and oxygen atoms in total. The summed E-state index contributed by atoms with van der Waals surface area (Å²) >= 11 is 0. The number of pyridine rings is 1. The Morgan fingerprint density at radius 1 is 1.59 bits per heavy atom. The van der Waals surface area contributed by atoms with Crippen molar-refractivity contribution in [3.05, 3.63) is 18.3 Å². The fourth-order valence-corrected chi connectivity index (χ4v) is 2.34. The summed E-state index contributed by atoms with van der Waals surface area (Å²) in [5.41, 5.74) is 1.20. The predicted octanol–water partition coefficient (Wildman–Crippen LogP) is 1.72. The minimum absolute atomic E-state index is 0.293. The molecule has 0 aliphatic carbocycles. The number of nitrogens with one attached hydrogen (secondary N) is 1. The lowest BCUT2D eigenvalue weighted by molar-refractivity contribution is 0.209. The van der Waals surface area contributed by atoms with Crippen LogP contribution >= 0.6 is 0 Å². The highest BCUT2D eigenvalue weighted by Crippen LogP contribution is 2.24. The molecule has 1 aromatic rings. The summed E-state index contributed by atoms with van der Waals surface area (Å²) in [4.78, 5) is 6.62. The van der Waals surface area contributed by atoms with Crippen LogP contribution in [0.15, 0.2) is 18.3 Å². The van der Waals surface area contributed by atoms with Crippen molar-refractivity contribution < 1.29 is 5.11 Å². The van der Waals surface area contributed by atoms with Gasteiger partial charge in [0.25, 0.3) is 0 Å². The van der Waals surface area contributed by atoms with E-state index in [9.17, 15) is 5.11 Å². The summed E-state index contributed by atoms with van der Waals surface area (Å²) < 4.78 is 0. The second-order valence-electron chi connectivity index (χ2n) is 4.57. The van der Waals surface area contributed by atoms with Crippen LogP contribution in [0, 0.1) is 5.92 Å². The minimum Gasteiger partial charge on any atom is -0.396 e. The van der Waals surface area contributed by atoms with Crippen molar-refractivity contribution in [3.63, 3.8) is 0 Å². The Labute approximate surface area is 103 Å². The first kappa shape index (κ1) is 12.2. The van der Waals surface area contributed by atoms with Crippen LogP contribution in [0.25, 0.3) is 0 Å². The number of aliphatic hydroxyl groups is 1. The van der Waals surface area contributed by atoms with Gasteiger partial charge in [-0.1, -0.05) is 0 Å². The van der Waals surface area contributed by atoms with Gasteiger partial charge in [0.05, 0.1) is 0 Å². The maximum atomic E-state index is 9.24. The van der Waals surface area contributed by atoms with Crippen molar-refractivity contribution in [2.45, 2.75) is 19.8 Å². The smallest absolute Gasteiger partial charge is 0.127 e. The molecular weight excluding hydrogens is 214 g/mol. The molecule has 1 aliphatic heterocycles. The molecule has 1 saturated heterocycles. The van der Waals surface area contributed by atoms with Gasteiger partial charge in [-0.15, -0.1) is 0 Å². The van der Waals surface area contributed by atoms with Crippen LogP contribution in [-0.2, 0) is 0 Å². The summed E-state index contributed by atoms with van der Waals surface area (Å²) in [6, 6.07) is 4.13. The molecule has 17 heavy (non-hydrogen) atoms. The Balaban J connectivity index is 2.07. The molecule has 1 aliphatic rings. The van der Waals surface area contributed by atoms with E-state index >= 15 is 0 Å². The van der Waals surface area contributed by atoms with E-state index in [1.54, 1.807) is 0 Å². The lowest BCUT2D eigenvalue weighted by atomic mass is 9.99. The minimum atomic E-state index is 0.293. The molecule has 0 aromatic carbocycles. The van der Waals surface area contributed by atoms with Gasteiger partial charge >= 0.3 is 0 Å². The topological polar surface area (TPSA) is 48.4 Å². The standard InChI is InChI=1S/C13H21N3O/c1-2-14-13-8-12(5-6-15-13)16-7-3-4-11(9-16)10-17/h5-6,8,11,17H,2-4,7,9-10H2,1H3,(H,14,15). The van der Waals surface area contributed by atoms with E-state index in [1.807, 2.05) is 12.3 Å². The molecule has 0 radical (unpaired) electrons. The first-order valence-electron chi connectivity index (χ1n) is 6.39. The molecule has 0 bridgehead atoms. The summed E-state index contributed by atoms with van der Waals surface area (Å²) in [6.45, 7) is 5.27. The summed E-state index contributed by atoms with van der Waals surface area (Å²) in [7, 11) is 0. The van der Waals surface area contributed by atoms with Crippen molar-refractivity contribution in [3.8, 4) is 0 Å². The van der Waals surface area contributed by atoms with Gasteiger partial charge in [0.2, 0.25) is 0 Å². The van der Waals surface area contributed by atoms with Gasteiger partial charge in [-0.2, -0.15) is 0 Å². The zero-order valence-electron chi connectivity index (χ0n) is 10.4. The first-order valence-corrected chi connectivity index (χ1v) is 6.39.